The molecule has 0 radical (unpaired) electrons. The fourth-order valence-electron chi connectivity index (χ4n) is 2.07. The van der Waals surface area contributed by atoms with Crippen LogP contribution in [0.2, 0.25) is 10.0 Å². The first-order chi connectivity index (χ1) is 9.69. The molecule has 0 fully saturated rings. The van der Waals surface area contributed by atoms with Crippen LogP contribution in [-0.2, 0) is 13.1 Å². The number of rotatable bonds is 6. The second-order valence-corrected chi connectivity index (χ2v) is 6.26. The molecule has 1 nitrogen and oxygen atoms in total. The summed E-state index contributed by atoms with van der Waals surface area (Å²) in [7, 11) is 0. The molecule has 0 atom stereocenters. The van der Waals surface area contributed by atoms with Gasteiger partial charge in [0.2, 0.25) is 0 Å². The summed E-state index contributed by atoms with van der Waals surface area (Å²) in [4.78, 5) is 2.36. The van der Waals surface area contributed by atoms with E-state index in [9.17, 15) is 0 Å². The number of hydrogen-bond acceptors (Lipinski definition) is 1. The molecule has 0 unspecified atom stereocenters. The second kappa shape index (κ2) is 8.04. The van der Waals surface area contributed by atoms with Crippen molar-refractivity contribution in [1.29, 1.82) is 0 Å². The molecule has 2 aromatic carbocycles. The van der Waals surface area contributed by atoms with Gasteiger partial charge in [-0.05, 0) is 23.3 Å². The topological polar surface area (TPSA) is 3.24 Å². The van der Waals surface area contributed by atoms with Crippen molar-refractivity contribution in [2.75, 3.05) is 11.9 Å². The minimum atomic E-state index is 0.675. The number of halogens is 3. The van der Waals surface area contributed by atoms with E-state index in [1.807, 2.05) is 18.2 Å². The monoisotopic (exact) mass is 371 g/mol. The van der Waals surface area contributed by atoms with Gasteiger partial charge in [-0.3, -0.25) is 4.90 Å². The second-order valence-electron chi connectivity index (χ2n) is 4.62. The molecule has 0 aromatic heterocycles. The van der Waals surface area contributed by atoms with Gasteiger partial charge in [0.05, 0.1) is 0 Å². The quantitative estimate of drug-likeness (QED) is 0.614. The third-order valence-corrected chi connectivity index (χ3v) is 4.00. The number of benzene rings is 2. The van der Waals surface area contributed by atoms with Gasteiger partial charge in [0.15, 0.2) is 0 Å². The summed E-state index contributed by atoms with van der Waals surface area (Å²) in [5.74, 6) is 0. The van der Waals surface area contributed by atoms with Crippen LogP contribution in [0.1, 0.15) is 11.1 Å². The van der Waals surface area contributed by atoms with E-state index in [0.29, 0.717) is 5.02 Å². The lowest BCUT2D eigenvalue weighted by Crippen LogP contribution is -2.25. The Kier molecular flexibility index (Phi) is 6.37. The smallest absolute Gasteiger partial charge is 0.0465 e. The molecule has 0 saturated heterocycles. The summed E-state index contributed by atoms with van der Waals surface area (Å²) in [5.41, 5.74) is 2.41. The van der Waals surface area contributed by atoms with Crippen molar-refractivity contribution < 1.29 is 0 Å². The van der Waals surface area contributed by atoms with E-state index in [4.69, 9.17) is 23.2 Å². The largest absolute Gasteiger partial charge is 0.294 e. The summed E-state index contributed by atoms with van der Waals surface area (Å²) in [6.45, 7) is 2.69. The average Bonchev–Trinajstić information content (AvgIpc) is 2.43. The van der Waals surface area contributed by atoms with Crippen LogP contribution in [0.4, 0.5) is 0 Å². The van der Waals surface area contributed by atoms with E-state index in [2.05, 4.69) is 45.1 Å². The molecule has 0 bridgehead atoms. The Balaban J connectivity index is 2.09. The summed E-state index contributed by atoms with van der Waals surface area (Å²) in [6, 6.07) is 16.1. The van der Waals surface area contributed by atoms with Gasteiger partial charge in [-0.1, -0.05) is 75.5 Å². The van der Waals surface area contributed by atoms with Gasteiger partial charge in [-0.25, -0.2) is 0 Å². The summed E-state index contributed by atoms with van der Waals surface area (Å²) in [6.07, 6.45) is 0. The molecule has 4 heteroatoms. The molecule has 0 heterocycles. The predicted molar refractivity (Wildman–Crippen MR) is 90.8 cm³/mol. The molecule has 2 rings (SSSR count). The molecule has 0 spiro atoms. The zero-order valence-corrected chi connectivity index (χ0v) is 14.1. The van der Waals surface area contributed by atoms with Crippen molar-refractivity contribution in [3.8, 4) is 0 Å². The first-order valence-electron chi connectivity index (χ1n) is 6.45. The number of hydrogen-bond donors (Lipinski definition) is 0. The van der Waals surface area contributed by atoms with Crippen molar-refractivity contribution in [1.82, 2.24) is 4.90 Å². The van der Waals surface area contributed by atoms with E-state index in [1.165, 1.54) is 5.56 Å². The standard InChI is InChI=1S/C16H16BrCl2N/c17-8-9-20(11-13-4-2-1-3-5-13)12-14-6-7-15(18)10-16(14)19/h1-7,10H,8-9,11-12H2. The van der Waals surface area contributed by atoms with Gasteiger partial charge < -0.3 is 0 Å². The van der Waals surface area contributed by atoms with Gasteiger partial charge in [-0.15, -0.1) is 0 Å². The van der Waals surface area contributed by atoms with Crippen LogP contribution in [-0.4, -0.2) is 16.8 Å². The van der Waals surface area contributed by atoms with Crippen molar-refractivity contribution in [3.63, 3.8) is 0 Å². The molecule has 0 aliphatic heterocycles. The maximum Gasteiger partial charge on any atom is 0.0465 e. The van der Waals surface area contributed by atoms with Crippen LogP contribution in [0.3, 0.4) is 0 Å². The minimum Gasteiger partial charge on any atom is -0.294 e. The van der Waals surface area contributed by atoms with Crippen LogP contribution in [0, 0.1) is 0 Å². The Hall–Kier alpha value is -0.540. The fraction of sp³-hybridized carbons (Fsp3) is 0.250. The molecule has 2 aromatic rings. The Bertz CT molecular complexity index is 545. The molecule has 106 valence electrons. The zero-order valence-electron chi connectivity index (χ0n) is 11.0. The van der Waals surface area contributed by atoms with Gasteiger partial charge in [0, 0.05) is 35.0 Å². The Morgan fingerprint density at radius 3 is 2.35 bits per heavy atom. The highest BCUT2D eigenvalue weighted by molar-refractivity contribution is 9.09. The van der Waals surface area contributed by atoms with Gasteiger partial charge in [0.25, 0.3) is 0 Å². The summed E-state index contributed by atoms with van der Waals surface area (Å²) in [5, 5.41) is 2.34. The highest BCUT2D eigenvalue weighted by atomic mass is 79.9. The van der Waals surface area contributed by atoms with E-state index in [1.54, 1.807) is 6.07 Å². The molecule has 0 aliphatic carbocycles. The predicted octanol–water partition coefficient (Wildman–Crippen LogP) is 5.39. The third-order valence-electron chi connectivity index (χ3n) is 3.06. The van der Waals surface area contributed by atoms with Crippen LogP contribution >= 0.6 is 39.1 Å². The zero-order chi connectivity index (χ0) is 14.4. The van der Waals surface area contributed by atoms with Gasteiger partial charge in [-0.2, -0.15) is 0 Å². The van der Waals surface area contributed by atoms with Crippen LogP contribution in [0.25, 0.3) is 0 Å². The first kappa shape index (κ1) is 15.8. The molecule has 20 heavy (non-hydrogen) atoms. The molecule has 0 saturated carbocycles. The number of nitrogens with zero attached hydrogens (tertiary/aromatic N) is 1. The maximum absolute atomic E-state index is 6.25. The first-order valence-corrected chi connectivity index (χ1v) is 8.33. The van der Waals surface area contributed by atoms with Crippen molar-refractivity contribution in [2.24, 2.45) is 0 Å². The van der Waals surface area contributed by atoms with Crippen molar-refractivity contribution in [2.45, 2.75) is 13.1 Å². The highest BCUT2D eigenvalue weighted by Gasteiger charge is 2.09. The van der Waals surface area contributed by atoms with Crippen LogP contribution in [0.15, 0.2) is 48.5 Å². The fourth-order valence-corrected chi connectivity index (χ4v) is 3.04. The van der Waals surface area contributed by atoms with Gasteiger partial charge >= 0.3 is 0 Å². The van der Waals surface area contributed by atoms with Crippen molar-refractivity contribution >= 4 is 39.1 Å². The van der Waals surface area contributed by atoms with Gasteiger partial charge in [0.1, 0.15) is 0 Å². The number of alkyl halides is 1. The lowest BCUT2D eigenvalue weighted by Gasteiger charge is -2.22. The lowest BCUT2D eigenvalue weighted by atomic mass is 10.1. The maximum atomic E-state index is 6.25. The van der Waals surface area contributed by atoms with Crippen molar-refractivity contribution in [3.05, 3.63) is 69.7 Å². The third kappa shape index (κ3) is 4.78. The van der Waals surface area contributed by atoms with Crippen LogP contribution in [0.5, 0.6) is 0 Å². The Morgan fingerprint density at radius 2 is 1.70 bits per heavy atom. The molecule has 0 aliphatic rings. The lowest BCUT2D eigenvalue weighted by molar-refractivity contribution is 0.274. The van der Waals surface area contributed by atoms with E-state index >= 15 is 0 Å². The van der Waals surface area contributed by atoms with Crippen LogP contribution < -0.4 is 0 Å². The van der Waals surface area contributed by atoms with E-state index in [0.717, 1.165) is 35.6 Å². The Labute approximate surface area is 138 Å². The average molecular weight is 373 g/mol. The van der Waals surface area contributed by atoms with E-state index < -0.39 is 0 Å². The van der Waals surface area contributed by atoms with E-state index in [-0.39, 0.29) is 0 Å². The molecular formula is C16H16BrCl2N. The molecular weight excluding hydrogens is 357 g/mol. The SMILES string of the molecule is Clc1ccc(CN(CCBr)Cc2ccccc2)c(Cl)c1. The normalized spacial score (nSPS) is 11.0. The molecule has 0 N–H and O–H groups in total. The minimum absolute atomic E-state index is 0.675. The summed E-state index contributed by atoms with van der Waals surface area (Å²) < 4.78 is 0. The highest BCUT2D eigenvalue weighted by Crippen LogP contribution is 2.23. The summed E-state index contributed by atoms with van der Waals surface area (Å²) >= 11 is 15.7. The molecule has 0 amide bonds. The Morgan fingerprint density at radius 1 is 0.950 bits per heavy atom.